The molecule has 4 rings (SSSR count). The van der Waals surface area contributed by atoms with Gasteiger partial charge < -0.3 is 10.1 Å². The molecule has 0 saturated heterocycles. The second-order valence-corrected chi connectivity index (χ2v) is 7.71. The van der Waals surface area contributed by atoms with Crippen LogP contribution < -0.4 is 10.1 Å². The number of alkyl halides is 2. The maximum atomic E-state index is 14.6. The fourth-order valence-electron chi connectivity index (χ4n) is 3.54. The third-order valence-corrected chi connectivity index (χ3v) is 5.58. The second-order valence-electron chi connectivity index (χ2n) is 7.37. The molecule has 160 valence electrons. The van der Waals surface area contributed by atoms with Gasteiger partial charge in [-0.3, -0.25) is 0 Å². The van der Waals surface area contributed by atoms with Crippen LogP contribution in [-0.4, -0.2) is 22.1 Å². The number of pyridine rings is 1. The highest BCUT2D eigenvalue weighted by atomic mass is 35.5. The molecule has 6 nitrogen and oxygen atoms in total. The molecular weight excluding hydrogens is 431 g/mol. The van der Waals surface area contributed by atoms with Crippen LogP contribution in [0.1, 0.15) is 48.9 Å². The lowest BCUT2D eigenvalue weighted by atomic mass is 9.97. The van der Waals surface area contributed by atoms with Crippen LogP contribution in [-0.2, 0) is 5.41 Å². The molecule has 2 aromatic heterocycles. The van der Waals surface area contributed by atoms with Crippen LogP contribution in [0.15, 0.2) is 24.3 Å². The topological polar surface area (TPSA) is 83.7 Å². The second kappa shape index (κ2) is 7.85. The van der Waals surface area contributed by atoms with Crippen molar-refractivity contribution in [3.63, 3.8) is 0 Å². The van der Waals surface area contributed by atoms with Crippen molar-refractivity contribution in [2.45, 2.75) is 37.6 Å². The molecule has 10 heteroatoms. The Kier molecular flexibility index (Phi) is 5.35. The number of fused-ring (bicyclic) bond motifs is 1. The van der Waals surface area contributed by atoms with Crippen molar-refractivity contribution in [3.8, 4) is 11.9 Å². The summed E-state index contributed by atoms with van der Waals surface area (Å²) >= 11 is 6.05. The van der Waals surface area contributed by atoms with Gasteiger partial charge in [0.1, 0.15) is 11.6 Å². The summed E-state index contributed by atoms with van der Waals surface area (Å²) < 4.78 is 46.1. The molecule has 0 bridgehead atoms. The van der Waals surface area contributed by atoms with Crippen molar-refractivity contribution < 1.29 is 17.9 Å². The summed E-state index contributed by atoms with van der Waals surface area (Å²) in [4.78, 5) is 12.7. The van der Waals surface area contributed by atoms with Crippen molar-refractivity contribution >= 4 is 28.5 Å². The van der Waals surface area contributed by atoms with E-state index in [9.17, 15) is 18.4 Å². The number of hydrogen-bond donors (Lipinski definition) is 1. The lowest BCUT2D eigenvalue weighted by Gasteiger charge is -2.19. The fourth-order valence-corrected chi connectivity index (χ4v) is 3.71. The van der Waals surface area contributed by atoms with E-state index in [0.717, 1.165) is 6.07 Å². The Bertz CT molecular complexity index is 1210. The fraction of sp³-hybridized carbons (Fsp3) is 0.333. The molecule has 0 radical (unpaired) electrons. The Morgan fingerprint density at radius 1 is 1.23 bits per heavy atom. The number of anilines is 1. The van der Waals surface area contributed by atoms with Crippen molar-refractivity contribution in [2.75, 3.05) is 12.4 Å². The predicted molar refractivity (Wildman–Crippen MR) is 109 cm³/mol. The maximum Gasteiger partial charge on any atom is 0.266 e. The molecule has 1 aliphatic rings. The molecule has 1 fully saturated rings. The van der Waals surface area contributed by atoms with Gasteiger partial charge in [-0.25, -0.2) is 18.2 Å². The molecule has 3 aromatic rings. The number of nitrogens with one attached hydrogen (secondary N) is 1. The molecule has 1 aromatic carbocycles. The SMILES string of the molecule is COc1nc2nc(Cl)nc(N[C@H](C)c3cccc(C(F)F)c3F)c2cc1C1(C#N)CC1. The summed E-state index contributed by atoms with van der Waals surface area (Å²) in [6, 6.07) is 7.14. The normalized spacial score (nSPS) is 15.5. The number of ether oxygens (including phenoxy) is 1. The minimum atomic E-state index is -2.93. The standard InChI is InChI=1S/C21H17ClF3N5O/c1-10(11-4-3-5-12(15(11)23)16(24)25)27-17-13-8-14(21(9-26)6-7-21)19(31-2)28-18(13)30-20(22)29-17/h3-5,8,10,16H,6-7H2,1-2H3,(H,27,28,29,30)/t10-/m1/s1. The molecule has 1 atom stereocenters. The molecule has 0 spiro atoms. The van der Waals surface area contributed by atoms with Gasteiger partial charge in [0.15, 0.2) is 5.65 Å². The molecule has 1 N–H and O–H groups in total. The van der Waals surface area contributed by atoms with Gasteiger partial charge in [0, 0.05) is 11.1 Å². The summed E-state index contributed by atoms with van der Waals surface area (Å²) in [6.07, 6.45) is -1.58. The van der Waals surface area contributed by atoms with Gasteiger partial charge in [0.2, 0.25) is 11.2 Å². The van der Waals surface area contributed by atoms with E-state index in [2.05, 4.69) is 26.3 Å². The van der Waals surface area contributed by atoms with Crippen LogP contribution in [0.25, 0.3) is 11.0 Å². The molecular formula is C21H17ClF3N5O. The first-order valence-corrected chi connectivity index (χ1v) is 9.84. The zero-order valence-electron chi connectivity index (χ0n) is 16.6. The Balaban J connectivity index is 1.80. The summed E-state index contributed by atoms with van der Waals surface area (Å²) in [5.74, 6) is -0.464. The van der Waals surface area contributed by atoms with Crippen LogP contribution in [0.3, 0.4) is 0 Å². The molecule has 0 unspecified atom stereocenters. The third-order valence-electron chi connectivity index (χ3n) is 5.41. The Morgan fingerprint density at radius 3 is 2.55 bits per heavy atom. The lowest BCUT2D eigenvalue weighted by molar-refractivity contribution is 0.146. The number of halogens is 4. The maximum absolute atomic E-state index is 14.6. The summed E-state index contributed by atoms with van der Waals surface area (Å²) in [5.41, 5.74) is -0.469. The minimum Gasteiger partial charge on any atom is -0.481 e. The van der Waals surface area contributed by atoms with E-state index in [1.54, 1.807) is 13.0 Å². The van der Waals surface area contributed by atoms with Gasteiger partial charge in [0.25, 0.3) is 6.43 Å². The zero-order valence-corrected chi connectivity index (χ0v) is 17.3. The Hall–Kier alpha value is -3.12. The van der Waals surface area contributed by atoms with Crippen LogP contribution in [0.2, 0.25) is 5.28 Å². The minimum absolute atomic E-state index is 0.0538. The summed E-state index contributed by atoms with van der Waals surface area (Å²) in [7, 11) is 1.45. The van der Waals surface area contributed by atoms with E-state index in [4.69, 9.17) is 16.3 Å². The van der Waals surface area contributed by atoms with E-state index in [1.165, 1.54) is 19.2 Å². The summed E-state index contributed by atoms with van der Waals surface area (Å²) in [5, 5.41) is 13.0. The highest BCUT2D eigenvalue weighted by Crippen LogP contribution is 2.51. The van der Waals surface area contributed by atoms with Crippen molar-refractivity contribution in [2.24, 2.45) is 0 Å². The molecule has 1 saturated carbocycles. The monoisotopic (exact) mass is 447 g/mol. The number of nitriles is 1. The van der Waals surface area contributed by atoms with Gasteiger partial charge in [-0.2, -0.15) is 15.2 Å². The number of nitrogens with zero attached hydrogens (tertiary/aromatic N) is 4. The van der Waals surface area contributed by atoms with Crippen molar-refractivity contribution in [1.29, 1.82) is 5.26 Å². The molecule has 0 amide bonds. The van der Waals surface area contributed by atoms with Gasteiger partial charge in [-0.05, 0) is 37.4 Å². The van der Waals surface area contributed by atoms with Crippen LogP contribution >= 0.6 is 11.6 Å². The van der Waals surface area contributed by atoms with Gasteiger partial charge in [-0.1, -0.05) is 18.2 Å². The zero-order chi connectivity index (χ0) is 22.3. The van der Waals surface area contributed by atoms with Crippen LogP contribution in [0.5, 0.6) is 5.88 Å². The van der Waals surface area contributed by atoms with E-state index >= 15 is 0 Å². The highest BCUT2D eigenvalue weighted by Gasteiger charge is 2.47. The Morgan fingerprint density at radius 2 is 1.94 bits per heavy atom. The van der Waals surface area contributed by atoms with Crippen molar-refractivity contribution in [3.05, 3.63) is 52.1 Å². The average Bonchev–Trinajstić information content (AvgIpc) is 3.53. The Labute approximate surface area is 181 Å². The summed E-state index contributed by atoms with van der Waals surface area (Å²) in [6.45, 7) is 1.62. The van der Waals surface area contributed by atoms with Crippen LogP contribution in [0.4, 0.5) is 19.0 Å². The lowest BCUT2D eigenvalue weighted by Crippen LogP contribution is -2.13. The first-order chi connectivity index (χ1) is 14.8. The number of rotatable bonds is 6. The largest absolute Gasteiger partial charge is 0.481 e. The first-order valence-electron chi connectivity index (χ1n) is 9.46. The number of methoxy groups -OCH3 is 1. The van der Waals surface area contributed by atoms with E-state index in [0.29, 0.717) is 23.8 Å². The quantitative estimate of drug-likeness (QED) is 0.503. The smallest absolute Gasteiger partial charge is 0.266 e. The van der Waals surface area contributed by atoms with E-state index < -0.39 is 29.3 Å². The number of aromatic nitrogens is 3. The van der Waals surface area contributed by atoms with Gasteiger partial charge >= 0.3 is 0 Å². The molecule has 0 aliphatic heterocycles. The third kappa shape index (κ3) is 3.72. The van der Waals surface area contributed by atoms with E-state index in [-0.39, 0.29) is 28.2 Å². The first kappa shape index (κ1) is 21.1. The van der Waals surface area contributed by atoms with E-state index in [1.807, 2.05) is 0 Å². The van der Waals surface area contributed by atoms with Crippen LogP contribution in [0, 0.1) is 17.1 Å². The molecule has 31 heavy (non-hydrogen) atoms. The predicted octanol–water partition coefficient (Wildman–Crippen LogP) is 5.49. The molecule has 1 aliphatic carbocycles. The highest BCUT2D eigenvalue weighted by molar-refractivity contribution is 6.28. The van der Waals surface area contributed by atoms with Crippen molar-refractivity contribution in [1.82, 2.24) is 15.0 Å². The average molecular weight is 448 g/mol. The number of benzene rings is 1. The van der Waals surface area contributed by atoms with Gasteiger partial charge in [0.05, 0.1) is 35.6 Å². The van der Waals surface area contributed by atoms with Gasteiger partial charge in [-0.15, -0.1) is 0 Å². The molecule has 2 heterocycles. The number of hydrogen-bond acceptors (Lipinski definition) is 6.